The lowest BCUT2D eigenvalue weighted by Crippen LogP contribution is -2.14. The standard InChI is InChI=1S/C17H13ClN4O3S/c18-12-1-5-14(6-2-12)21-10-9-19-17(21)26-11-16(23)20-13-3-7-15(8-4-13)22(24)25/h1-10H,11H2,(H,20,23). The SMILES string of the molecule is O=C(CSc1nccn1-c1ccc(Cl)cc1)Nc1ccc([N+](=O)[O-])cc1. The zero-order valence-corrected chi connectivity index (χ0v) is 14.9. The lowest BCUT2D eigenvalue weighted by molar-refractivity contribution is -0.384. The number of halogens is 1. The van der Waals surface area contributed by atoms with Crippen LogP contribution in [0.3, 0.4) is 0 Å². The molecular formula is C17H13ClN4O3S. The summed E-state index contributed by atoms with van der Waals surface area (Å²) in [5.41, 5.74) is 1.37. The van der Waals surface area contributed by atoms with Crippen molar-refractivity contribution in [1.82, 2.24) is 9.55 Å². The van der Waals surface area contributed by atoms with Gasteiger partial charge in [0, 0.05) is 40.9 Å². The Kier molecular flexibility index (Phi) is 5.55. The zero-order chi connectivity index (χ0) is 18.5. The van der Waals surface area contributed by atoms with Crippen LogP contribution < -0.4 is 5.32 Å². The number of non-ortho nitro benzene ring substituents is 1. The summed E-state index contributed by atoms with van der Waals surface area (Å²) in [6, 6.07) is 13.0. The summed E-state index contributed by atoms with van der Waals surface area (Å²) in [6.07, 6.45) is 3.46. The molecule has 3 aromatic rings. The number of nitrogens with zero attached hydrogens (tertiary/aromatic N) is 3. The van der Waals surface area contributed by atoms with E-state index in [-0.39, 0.29) is 17.3 Å². The van der Waals surface area contributed by atoms with Gasteiger partial charge in [-0.3, -0.25) is 19.5 Å². The van der Waals surface area contributed by atoms with Crippen molar-refractivity contribution in [3.05, 3.63) is 76.1 Å². The number of carbonyl (C=O) groups is 1. The quantitative estimate of drug-likeness (QED) is 0.389. The highest BCUT2D eigenvalue weighted by Crippen LogP contribution is 2.22. The number of rotatable bonds is 6. The Bertz CT molecular complexity index is 926. The van der Waals surface area contributed by atoms with Gasteiger partial charge in [0.1, 0.15) is 0 Å². The number of nitrogens with one attached hydrogen (secondary N) is 1. The summed E-state index contributed by atoms with van der Waals surface area (Å²) in [4.78, 5) is 26.5. The van der Waals surface area contributed by atoms with Gasteiger partial charge in [0.15, 0.2) is 5.16 Å². The minimum Gasteiger partial charge on any atom is -0.325 e. The van der Waals surface area contributed by atoms with Crippen molar-refractivity contribution in [1.29, 1.82) is 0 Å². The molecule has 0 aliphatic rings. The fraction of sp³-hybridized carbons (Fsp3) is 0.0588. The van der Waals surface area contributed by atoms with Crippen molar-refractivity contribution >= 4 is 40.6 Å². The van der Waals surface area contributed by atoms with E-state index in [4.69, 9.17) is 11.6 Å². The van der Waals surface area contributed by atoms with Crippen LogP contribution in [-0.4, -0.2) is 26.1 Å². The summed E-state index contributed by atoms with van der Waals surface area (Å²) < 4.78 is 1.86. The molecule has 1 aromatic heterocycles. The predicted octanol–water partition coefficient (Wildman–Crippen LogP) is 4.16. The molecule has 7 nitrogen and oxygen atoms in total. The number of imidazole rings is 1. The van der Waals surface area contributed by atoms with Crippen molar-refractivity contribution in [2.45, 2.75) is 5.16 Å². The van der Waals surface area contributed by atoms with E-state index < -0.39 is 4.92 Å². The Morgan fingerprint density at radius 1 is 1.19 bits per heavy atom. The van der Waals surface area contributed by atoms with Gasteiger partial charge in [-0.1, -0.05) is 23.4 Å². The van der Waals surface area contributed by atoms with Gasteiger partial charge in [0.2, 0.25) is 5.91 Å². The molecule has 9 heteroatoms. The second-order valence-electron chi connectivity index (χ2n) is 5.20. The van der Waals surface area contributed by atoms with Crippen molar-refractivity contribution in [3.8, 4) is 5.69 Å². The maximum atomic E-state index is 12.1. The number of benzene rings is 2. The van der Waals surface area contributed by atoms with E-state index in [1.54, 1.807) is 24.5 Å². The summed E-state index contributed by atoms with van der Waals surface area (Å²) in [5, 5.41) is 14.7. The van der Waals surface area contributed by atoms with Gasteiger partial charge >= 0.3 is 0 Å². The molecule has 2 aromatic carbocycles. The highest BCUT2D eigenvalue weighted by atomic mass is 35.5. The zero-order valence-electron chi connectivity index (χ0n) is 13.3. The average Bonchev–Trinajstić information content (AvgIpc) is 3.09. The summed E-state index contributed by atoms with van der Waals surface area (Å²) in [7, 11) is 0. The van der Waals surface area contributed by atoms with Gasteiger partial charge in [-0.2, -0.15) is 0 Å². The highest BCUT2D eigenvalue weighted by Gasteiger charge is 2.10. The third-order valence-corrected chi connectivity index (χ3v) is 4.62. The van der Waals surface area contributed by atoms with Crippen molar-refractivity contribution in [2.75, 3.05) is 11.1 Å². The average molecular weight is 389 g/mol. The Morgan fingerprint density at radius 2 is 1.88 bits per heavy atom. The number of nitro groups is 1. The number of aromatic nitrogens is 2. The lowest BCUT2D eigenvalue weighted by atomic mass is 10.3. The van der Waals surface area contributed by atoms with E-state index in [2.05, 4.69) is 10.3 Å². The molecule has 0 aliphatic heterocycles. The van der Waals surface area contributed by atoms with Crippen molar-refractivity contribution in [3.63, 3.8) is 0 Å². The molecule has 0 aliphatic carbocycles. The Hall–Kier alpha value is -2.84. The first kappa shape index (κ1) is 18.0. The molecule has 26 heavy (non-hydrogen) atoms. The monoisotopic (exact) mass is 388 g/mol. The van der Waals surface area contributed by atoms with E-state index in [1.807, 2.05) is 16.7 Å². The second kappa shape index (κ2) is 8.03. The van der Waals surface area contributed by atoms with Gasteiger partial charge in [-0.15, -0.1) is 0 Å². The summed E-state index contributed by atoms with van der Waals surface area (Å²) in [5.74, 6) is -0.0730. The molecule has 1 N–H and O–H groups in total. The van der Waals surface area contributed by atoms with Gasteiger partial charge in [-0.25, -0.2) is 4.98 Å². The van der Waals surface area contributed by atoms with Gasteiger partial charge in [-0.05, 0) is 36.4 Å². The number of anilines is 1. The topological polar surface area (TPSA) is 90.1 Å². The summed E-state index contributed by atoms with van der Waals surface area (Å²) in [6.45, 7) is 0. The Labute approximate surface area is 158 Å². The molecule has 0 radical (unpaired) electrons. The lowest BCUT2D eigenvalue weighted by Gasteiger charge is -2.08. The third kappa shape index (κ3) is 4.41. The van der Waals surface area contributed by atoms with E-state index in [0.717, 1.165) is 5.69 Å². The van der Waals surface area contributed by atoms with Crippen LogP contribution >= 0.6 is 23.4 Å². The molecule has 1 heterocycles. The number of thioether (sulfide) groups is 1. The van der Waals surface area contributed by atoms with Crippen molar-refractivity contribution < 1.29 is 9.72 Å². The molecule has 0 unspecified atom stereocenters. The second-order valence-corrected chi connectivity index (χ2v) is 6.58. The maximum Gasteiger partial charge on any atom is 0.269 e. The highest BCUT2D eigenvalue weighted by molar-refractivity contribution is 7.99. The Balaban J connectivity index is 1.61. The first-order valence-electron chi connectivity index (χ1n) is 7.49. The van der Waals surface area contributed by atoms with Crippen LogP contribution in [0.2, 0.25) is 5.02 Å². The number of carbonyl (C=O) groups excluding carboxylic acids is 1. The van der Waals surface area contributed by atoms with Crippen molar-refractivity contribution in [2.24, 2.45) is 0 Å². The number of hydrogen-bond donors (Lipinski definition) is 1. The van der Waals surface area contributed by atoms with Gasteiger partial charge in [0.05, 0.1) is 10.7 Å². The molecule has 0 saturated carbocycles. The molecule has 0 fully saturated rings. The van der Waals surface area contributed by atoms with Crippen LogP contribution in [0.25, 0.3) is 5.69 Å². The van der Waals surface area contributed by atoms with Crippen LogP contribution in [-0.2, 0) is 4.79 Å². The summed E-state index contributed by atoms with van der Waals surface area (Å²) >= 11 is 7.19. The van der Waals surface area contributed by atoms with Crippen LogP contribution in [0.4, 0.5) is 11.4 Å². The molecular weight excluding hydrogens is 376 g/mol. The fourth-order valence-corrected chi connectivity index (χ4v) is 3.09. The Morgan fingerprint density at radius 3 is 2.54 bits per heavy atom. The van der Waals surface area contributed by atoms with Crippen LogP contribution in [0.1, 0.15) is 0 Å². The molecule has 0 bridgehead atoms. The number of hydrogen-bond acceptors (Lipinski definition) is 5. The predicted molar refractivity (Wildman–Crippen MR) is 101 cm³/mol. The number of nitro benzene ring substituents is 1. The molecule has 0 atom stereocenters. The number of amides is 1. The normalized spacial score (nSPS) is 10.5. The molecule has 3 rings (SSSR count). The molecule has 0 saturated heterocycles. The van der Waals surface area contributed by atoms with E-state index in [1.165, 1.54) is 36.0 Å². The smallest absolute Gasteiger partial charge is 0.269 e. The maximum absolute atomic E-state index is 12.1. The molecule has 132 valence electrons. The van der Waals surface area contributed by atoms with E-state index in [9.17, 15) is 14.9 Å². The minimum absolute atomic E-state index is 0.0256. The third-order valence-electron chi connectivity index (χ3n) is 3.41. The van der Waals surface area contributed by atoms with E-state index in [0.29, 0.717) is 15.9 Å². The van der Waals surface area contributed by atoms with Crippen LogP contribution in [0.15, 0.2) is 66.1 Å². The molecule has 0 spiro atoms. The first-order chi connectivity index (χ1) is 12.5. The van der Waals surface area contributed by atoms with Crippen LogP contribution in [0, 0.1) is 10.1 Å². The fourth-order valence-electron chi connectivity index (χ4n) is 2.19. The largest absolute Gasteiger partial charge is 0.325 e. The van der Waals surface area contributed by atoms with Gasteiger partial charge in [0.25, 0.3) is 5.69 Å². The first-order valence-corrected chi connectivity index (χ1v) is 8.86. The van der Waals surface area contributed by atoms with E-state index >= 15 is 0 Å². The van der Waals surface area contributed by atoms with Crippen LogP contribution in [0.5, 0.6) is 0 Å². The minimum atomic E-state index is -0.488. The molecule has 1 amide bonds. The van der Waals surface area contributed by atoms with Gasteiger partial charge < -0.3 is 5.32 Å².